The zero-order valence-corrected chi connectivity index (χ0v) is 29.4. The van der Waals surface area contributed by atoms with Gasteiger partial charge in [-0.15, -0.1) is 5.10 Å². The lowest BCUT2D eigenvalue weighted by Crippen LogP contribution is -2.30. The zero-order valence-electron chi connectivity index (χ0n) is 24.7. The van der Waals surface area contributed by atoms with Gasteiger partial charge in [0, 0.05) is 32.1 Å². The molecule has 1 aromatic heterocycles. The number of halogens is 4. The number of ether oxygens (including phenoxy) is 3. The molecule has 4 aromatic rings. The molecule has 0 saturated heterocycles. The predicted octanol–water partition coefficient (Wildman–Crippen LogP) is 9.51. The predicted molar refractivity (Wildman–Crippen MR) is 183 cm³/mol. The van der Waals surface area contributed by atoms with Crippen LogP contribution in [-0.2, 0) is 21.9 Å². The highest BCUT2D eigenvalue weighted by molar-refractivity contribution is 9.10. The molecule has 0 fully saturated rings. The number of esters is 1. The van der Waals surface area contributed by atoms with Gasteiger partial charge in [-0.2, -0.15) is 4.98 Å². The molecule has 5 rings (SSSR count). The molecular formula is C32H30BrCl3N4O4S. The first-order chi connectivity index (χ1) is 21.7. The summed E-state index contributed by atoms with van der Waals surface area (Å²) in [6.45, 7) is 6.45. The van der Waals surface area contributed by atoms with E-state index in [2.05, 4.69) is 21.2 Å². The van der Waals surface area contributed by atoms with Gasteiger partial charge < -0.3 is 19.5 Å². The SMILES string of the molecule is CCCOC(=O)C1=C(C)Nc2nc(SCc3ccccc3Cl)nn2C1c1cc(Br)c(OCc2c(Cl)cccc2Cl)c(OCC)c1. The van der Waals surface area contributed by atoms with Crippen LogP contribution < -0.4 is 14.8 Å². The van der Waals surface area contributed by atoms with Crippen LogP contribution in [0.4, 0.5) is 5.95 Å². The molecular weight excluding hydrogens is 723 g/mol. The first-order valence-corrected chi connectivity index (χ1v) is 17.1. The Bertz CT molecular complexity index is 1730. The number of carbonyl (C=O) groups excluding carboxylic acids is 1. The van der Waals surface area contributed by atoms with Crippen LogP contribution in [0.3, 0.4) is 0 Å². The van der Waals surface area contributed by atoms with Gasteiger partial charge in [-0.3, -0.25) is 0 Å². The molecule has 3 aromatic carbocycles. The number of aromatic nitrogens is 3. The molecule has 236 valence electrons. The summed E-state index contributed by atoms with van der Waals surface area (Å²) in [6, 6.07) is 16.0. The molecule has 1 atom stereocenters. The van der Waals surface area contributed by atoms with Gasteiger partial charge in [-0.05, 0) is 77.7 Å². The van der Waals surface area contributed by atoms with Crippen LogP contribution in [0.2, 0.25) is 15.1 Å². The third-order valence-corrected chi connectivity index (χ3v) is 9.43. The summed E-state index contributed by atoms with van der Waals surface area (Å²) < 4.78 is 20.2. The van der Waals surface area contributed by atoms with Crippen molar-refractivity contribution in [2.75, 3.05) is 18.5 Å². The number of carbonyl (C=O) groups is 1. The summed E-state index contributed by atoms with van der Waals surface area (Å²) in [7, 11) is 0. The summed E-state index contributed by atoms with van der Waals surface area (Å²) in [6.07, 6.45) is 0.690. The van der Waals surface area contributed by atoms with E-state index in [9.17, 15) is 4.79 Å². The van der Waals surface area contributed by atoms with E-state index in [1.807, 2.05) is 57.2 Å². The number of nitrogens with one attached hydrogen (secondary N) is 1. The van der Waals surface area contributed by atoms with Crippen LogP contribution in [0.25, 0.3) is 0 Å². The fourth-order valence-electron chi connectivity index (χ4n) is 4.76. The number of nitrogens with zero attached hydrogens (tertiary/aromatic N) is 3. The van der Waals surface area contributed by atoms with Gasteiger partial charge in [0.1, 0.15) is 12.6 Å². The highest BCUT2D eigenvalue weighted by Gasteiger charge is 2.36. The molecule has 2 heterocycles. The van der Waals surface area contributed by atoms with E-state index < -0.39 is 12.0 Å². The minimum absolute atomic E-state index is 0.122. The topological polar surface area (TPSA) is 87.5 Å². The molecule has 0 saturated carbocycles. The number of fused-ring (bicyclic) bond motifs is 1. The Labute approximate surface area is 289 Å². The van der Waals surface area contributed by atoms with Crippen LogP contribution in [0, 0.1) is 0 Å². The van der Waals surface area contributed by atoms with Crippen molar-refractivity contribution in [2.24, 2.45) is 0 Å². The summed E-state index contributed by atoms with van der Waals surface area (Å²) in [5.41, 5.74) is 3.37. The third kappa shape index (κ3) is 7.58. The smallest absolute Gasteiger partial charge is 0.338 e. The molecule has 0 spiro atoms. The van der Waals surface area contributed by atoms with Crippen molar-refractivity contribution in [3.8, 4) is 11.5 Å². The van der Waals surface area contributed by atoms with Gasteiger partial charge in [0.15, 0.2) is 11.5 Å². The first kappa shape index (κ1) is 33.5. The van der Waals surface area contributed by atoms with Crippen molar-refractivity contribution in [3.05, 3.63) is 102 Å². The second kappa shape index (κ2) is 15.1. The van der Waals surface area contributed by atoms with Gasteiger partial charge in [-0.1, -0.05) is 77.8 Å². The summed E-state index contributed by atoms with van der Waals surface area (Å²) in [5, 5.41) is 10.3. The van der Waals surface area contributed by atoms with Crippen molar-refractivity contribution >= 4 is 74.4 Å². The highest BCUT2D eigenvalue weighted by Crippen LogP contribution is 2.44. The molecule has 1 N–H and O–H groups in total. The summed E-state index contributed by atoms with van der Waals surface area (Å²) >= 11 is 24.3. The fourth-order valence-corrected chi connectivity index (χ4v) is 6.95. The number of benzene rings is 3. The van der Waals surface area contributed by atoms with E-state index in [1.54, 1.807) is 22.9 Å². The van der Waals surface area contributed by atoms with Crippen LogP contribution in [0.5, 0.6) is 11.5 Å². The van der Waals surface area contributed by atoms with E-state index in [-0.39, 0.29) is 13.2 Å². The molecule has 13 heteroatoms. The average molecular weight is 753 g/mol. The monoisotopic (exact) mass is 750 g/mol. The molecule has 0 amide bonds. The number of hydrogen-bond donors (Lipinski definition) is 1. The van der Waals surface area contributed by atoms with E-state index in [0.29, 0.717) is 83.3 Å². The maximum absolute atomic E-state index is 13.5. The van der Waals surface area contributed by atoms with Gasteiger partial charge in [0.25, 0.3) is 0 Å². The van der Waals surface area contributed by atoms with Gasteiger partial charge >= 0.3 is 5.97 Å². The highest BCUT2D eigenvalue weighted by atomic mass is 79.9. The largest absolute Gasteiger partial charge is 0.490 e. The number of hydrogen-bond acceptors (Lipinski definition) is 8. The van der Waals surface area contributed by atoms with Gasteiger partial charge in [0.05, 0.1) is 23.3 Å². The minimum atomic E-state index is -0.671. The van der Waals surface area contributed by atoms with Crippen molar-refractivity contribution in [3.63, 3.8) is 0 Å². The standard InChI is InChI=1S/C32H30BrCl3N4O4S/c1-4-13-43-30(41)27-18(3)37-31-38-32(45-17-19-9-6-7-10-23(19)34)39-40(31)28(27)20-14-22(33)29(26(15-20)42-5-2)44-16-21-24(35)11-8-12-25(21)36/h6-12,14-15,28H,4-5,13,16-17H2,1-3H3,(H,37,38,39). The normalized spacial score (nSPS) is 14.2. The van der Waals surface area contributed by atoms with Crippen LogP contribution >= 0.6 is 62.5 Å². The van der Waals surface area contributed by atoms with E-state index >= 15 is 0 Å². The van der Waals surface area contributed by atoms with Gasteiger partial charge in [-0.25, -0.2) is 9.48 Å². The number of rotatable bonds is 12. The second-order valence-corrected chi connectivity index (χ2v) is 13.0. The molecule has 8 nitrogen and oxygen atoms in total. The van der Waals surface area contributed by atoms with Crippen LogP contribution in [0.1, 0.15) is 49.9 Å². The zero-order chi connectivity index (χ0) is 32.1. The number of anilines is 1. The van der Waals surface area contributed by atoms with Crippen LogP contribution in [-0.4, -0.2) is 33.9 Å². The van der Waals surface area contributed by atoms with Crippen molar-refractivity contribution < 1.29 is 19.0 Å². The Kier molecular flexibility index (Phi) is 11.3. The number of thioether (sulfide) groups is 1. The molecule has 1 aliphatic rings. The molecule has 45 heavy (non-hydrogen) atoms. The third-order valence-electron chi connectivity index (χ3n) is 6.87. The molecule has 1 unspecified atom stereocenters. The average Bonchev–Trinajstić information content (AvgIpc) is 3.41. The van der Waals surface area contributed by atoms with Gasteiger partial charge in [0.2, 0.25) is 11.1 Å². The Hall–Kier alpha value is -2.89. The quantitative estimate of drug-likeness (QED) is 0.113. The van der Waals surface area contributed by atoms with E-state index in [4.69, 9.17) is 59.1 Å². The van der Waals surface area contributed by atoms with Crippen LogP contribution in [0.15, 0.2) is 75.5 Å². The maximum atomic E-state index is 13.5. The molecule has 1 aliphatic heterocycles. The molecule has 0 radical (unpaired) electrons. The van der Waals surface area contributed by atoms with Crippen molar-refractivity contribution in [2.45, 2.75) is 50.8 Å². The second-order valence-electron chi connectivity index (χ2n) is 10.00. The summed E-state index contributed by atoms with van der Waals surface area (Å²) in [4.78, 5) is 18.2. The Morgan fingerprint density at radius 2 is 1.78 bits per heavy atom. The summed E-state index contributed by atoms with van der Waals surface area (Å²) in [5.74, 6) is 1.57. The maximum Gasteiger partial charge on any atom is 0.338 e. The van der Waals surface area contributed by atoms with Crippen molar-refractivity contribution in [1.29, 1.82) is 0 Å². The van der Waals surface area contributed by atoms with Crippen molar-refractivity contribution in [1.82, 2.24) is 14.8 Å². The van der Waals surface area contributed by atoms with E-state index in [1.165, 1.54) is 11.8 Å². The lowest BCUT2D eigenvalue weighted by Gasteiger charge is -2.29. The lowest BCUT2D eigenvalue weighted by molar-refractivity contribution is -0.139. The Morgan fingerprint density at radius 3 is 2.49 bits per heavy atom. The Balaban J connectivity index is 1.54. The molecule has 0 bridgehead atoms. The Morgan fingerprint density at radius 1 is 1.04 bits per heavy atom. The first-order valence-electron chi connectivity index (χ1n) is 14.2. The fraction of sp³-hybridized carbons (Fsp3) is 0.281. The lowest BCUT2D eigenvalue weighted by atomic mass is 9.95. The molecule has 0 aliphatic carbocycles. The van der Waals surface area contributed by atoms with E-state index in [0.717, 1.165) is 5.56 Å². The number of allylic oxidation sites excluding steroid dienone is 1. The minimum Gasteiger partial charge on any atom is -0.490 e.